The summed E-state index contributed by atoms with van der Waals surface area (Å²) in [5.41, 5.74) is 3.72. The maximum Gasteiger partial charge on any atom is 0.191 e. The number of aryl methyl sites for hydroxylation is 2. The minimum absolute atomic E-state index is 0.308. The van der Waals surface area contributed by atoms with Gasteiger partial charge in [0.1, 0.15) is 0 Å². The number of hydrogen-bond acceptors (Lipinski definition) is 3. The second-order valence-corrected chi connectivity index (χ2v) is 7.52. The van der Waals surface area contributed by atoms with Crippen LogP contribution in [0.15, 0.2) is 4.99 Å². The van der Waals surface area contributed by atoms with Crippen LogP contribution in [0.25, 0.3) is 0 Å². The Bertz CT molecular complexity index is 591. The summed E-state index contributed by atoms with van der Waals surface area (Å²) in [5.74, 6) is 0.931. The average molecular weight is 363 g/mol. The second-order valence-electron chi connectivity index (χ2n) is 7.52. The molecule has 1 aliphatic rings. The summed E-state index contributed by atoms with van der Waals surface area (Å²) in [4.78, 5) is 7.47. The van der Waals surface area contributed by atoms with Crippen molar-refractivity contribution < 1.29 is 0 Å². The Balaban J connectivity index is 1.97. The molecule has 0 saturated carbocycles. The molecular formula is C20H38N6. The molecule has 2 rings (SSSR count). The molecule has 2 heterocycles. The van der Waals surface area contributed by atoms with Crippen molar-refractivity contribution in [2.75, 3.05) is 26.2 Å². The van der Waals surface area contributed by atoms with Crippen LogP contribution in [0, 0.1) is 13.8 Å². The standard InChI is InChI=1S/C20H38N6/c1-7-21-20(22-14-18-11-9-10-12-26(18)8-2)23-15(3)13-19-16(4)24-25(6)17(19)5/h15,18H,7-14H2,1-6H3,(H2,21,22,23). The van der Waals surface area contributed by atoms with Gasteiger partial charge in [0.25, 0.3) is 0 Å². The molecule has 26 heavy (non-hydrogen) atoms. The SMILES string of the molecule is CCNC(=NCC1CCCCN1CC)NC(C)Cc1c(C)nn(C)c1C. The fourth-order valence-corrected chi connectivity index (χ4v) is 3.90. The van der Waals surface area contributed by atoms with Gasteiger partial charge in [0, 0.05) is 31.4 Å². The van der Waals surface area contributed by atoms with Gasteiger partial charge in [-0.3, -0.25) is 14.6 Å². The Kier molecular flexibility index (Phi) is 7.94. The van der Waals surface area contributed by atoms with Crippen LogP contribution in [0.3, 0.4) is 0 Å². The lowest BCUT2D eigenvalue weighted by Gasteiger charge is -2.34. The van der Waals surface area contributed by atoms with E-state index >= 15 is 0 Å². The van der Waals surface area contributed by atoms with Gasteiger partial charge in [0.15, 0.2) is 5.96 Å². The highest BCUT2D eigenvalue weighted by Crippen LogP contribution is 2.17. The van der Waals surface area contributed by atoms with E-state index in [1.54, 1.807) is 0 Å². The molecule has 1 saturated heterocycles. The van der Waals surface area contributed by atoms with Crippen molar-refractivity contribution in [1.82, 2.24) is 25.3 Å². The summed E-state index contributed by atoms with van der Waals surface area (Å²) in [6.07, 6.45) is 4.88. The molecule has 0 aliphatic carbocycles. The van der Waals surface area contributed by atoms with E-state index in [4.69, 9.17) is 4.99 Å². The lowest BCUT2D eigenvalue weighted by molar-refractivity contribution is 0.161. The van der Waals surface area contributed by atoms with Gasteiger partial charge >= 0.3 is 0 Å². The molecule has 1 aromatic rings. The Morgan fingerprint density at radius 2 is 2.08 bits per heavy atom. The zero-order chi connectivity index (χ0) is 19.1. The van der Waals surface area contributed by atoms with E-state index in [0.29, 0.717) is 12.1 Å². The van der Waals surface area contributed by atoms with E-state index in [-0.39, 0.29) is 0 Å². The van der Waals surface area contributed by atoms with Crippen molar-refractivity contribution in [3.8, 4) is 0 Å². The first-order valence-electron chi connectivity index (χ1n) is 10.2. The third-order valence-corrected chi connectivity index (χ3v) is 5.51. The van der Waals surface area contributed by atoms with Crippen molar-refractivity contribution in [2.45, 2.75) is 72.4 Å². The van der Waals surface area contributed by atoms with E-state index in [2.05, 4.69) is 55.3 Å². The summed E-state index contributed by atoms with van der Waals surface area (Å²) in [7, 11) is 2.01. The summed E-state index contributed by atoms with van der Waals surface area (Å²) in [6, 6.07) is 0.894. The number of hydrogen-bond donors (Lipinski definition) is 2. The van der Waals surface area contributed by atoms with Crippen LogP contribution in [-0.2, 0) is 13.5 Å². The maximum atomic E-state index is 4.90. The Morgan fingerprint density at radius 3 is 2.69 bits per heavy atom. The molecule has 2 unspecified atom stereocenters. The minimum Gasteiger partial charge on any atom is -0.357 e. The largest absolute Gasteiger partial charge is 0.357 e. The van der Waals surface area contributed by atoms with E-state index in [1.807, 2.05) is 11.7 Å². The molecule has 0 amide bonds. The normalized spacial score (nSPS) is 20.2. The zero-order valence-electron chi connectivity index (χ0n) is 17.6. The molecule has 0 bridgehead atoms. The number of likely N-dealkylation sites (N-methyl/N-ethyl adjacent to an activating group) is 1. The Hall–Kier alpha value is -1.56. The van der Waals surface area contributed by atoms with Gasteiger partial charge in [0.2, 0.25) is 0 Å². The highest BCUT2D eigenvalue weighted by atomic mass is 15.3. The third kappa shape index (κ3) is 5.47. The van der Waals surface area contributed by atoms with Crippen molar-refractivity contribution in [3.05, 3.63) is 17.0 Å². The quantitative estimate of drug-likeness (QED) is 0.578. The Labute approximate surface area is 159 Å². The first-order valence-corrected chi connectivity index (χ1v) is 10.2. The first kappa shape index (κ1) is 20.7. The molecule has 1 aromatic heterocycles. The van der Waals surface area contributed by atoms with Gasteiger partial charge < -0.3 is 10.6 Å². The molecule has 2 atom stereocenters. The molecule has 0 radical (unpaired) electrons. The highest BCUT2D eigenvalue weighted by molar-refractivity contribution is 5.80. The average Bonchev–Trinajstić information content (AvgIpc) is 2.86. The number of nitrogens with one attached hydrogen (secondary N) is 2. The van der Waals surface area contributed by atoms with Crippen LogP contribution in [0.1, 0.15) is 57.0 Å². The van der Waals surface area contributed by atoms with Crippen LogP contribution in [-0.4, -0.2) is 58.9 Å². The fraction of sp³-hybridized carbons (Fsp3) is 0.800. The van der Waals surface area contributed by atoms with Crippen LogP contribution < -0.4 is 10.6 Å². The highest BCUT2D eigenvalue weighted by Gasteiger charge is 2.21. The van der Waals surface area contributed by atoms with Crippen molar-refractivity contribution in [2.24, 2.45) is 12.0 Å². The van der Waals surface area contributed by atoms with E-state index in [1.165, 1.54) is 37.1 Å². The van der Waals surface area contributed by atoms with Crippen molar-refractivity contribution >= 4 is 5.96 Å². The molecule has 2 N–H and O–H groups in total. The second kappa shape index (κ2) is 9.95. The first-order chi connectivity index (χ1) is 12.5. The molecular weight excluding hydrogens is 324 g/mol. The maximum absolute atomic E-state index is 4.90. The molecule has 0 spiro atoms. The minimum atomic E-state index is 0.308. The zero-order valence-corrected chi connectivity index (χ0v) is 17.6. The third-order valence-electron chi connectivity index (χ3n) is 5.51. The number of piperidine rings is 1. The number of aliphatic imine (C=N–C) groups is 1. The molecule has 148 valence electrons. The number of nitrogens with zero attached hydrogens (tertiary/aromatic N) is 4. The lowest BCUT2D eigenvalue weighted by Crippen LogP contribution is -2.45. The summed E-state index contributed by atoms with van der Waals surface area (Å²) in [5, 5.41) is 11.5. The van der Waals surface area contributed by atoms with Gasteiger partial charge in [-0.2, -0.15) is 5.10 Å². The number of guanidine groups is 1. The van der Waals surface area contributed by atoms with Gasteiger partial charge in [-0.15, -0.1) is 0 Å². The molecule has 6 nitrogen and oxygen atoms in total. The number of aromatic nitrogens is 2. The van der Waals surface area contributed by atoms with Crippen LogP contribution in [0.4, 0.5) is 0 Å². The topological polar surface area (TPSA) is 57.5 Å². The molecule has 1 fully saturated rings. The smallest absolute Gasteiger partial charge is 0.191 e. The Morgan fingerprint density at radius 1 is 1.31 bits per heavy atom. The van der Waals surface area contributed by atoms with Gasteiger partial charge in [-0.1, -0.05) is 13.3 Å². The van der Waals surface area contributed by atoms with E-state index in [9.17, 15) is 0 Å². The number of likely N-dealkylation sites (tertiary alicyclic amines) is 1. The predicted molar refractivity (Wildman–Crippen MR) is 110 cm³/mol. The molecule has 1 aliphatic heterocycles. The van der Waals surface area contributed by atoms with Crippen LogP contribution in [0.5, 0.6) is 0 Å². The molecule has 6 heteroatoms. The number of rotatable bonds is 7. The van der Waals surface area contributed by atoms with E-state index in [0.717, 1.165) is 37.7 Å². The van der Waals surface area contributed by atoms with E-state index < -0.39 is 0 Å². The van der Waals surface area contributed by atoms with Crippen molar-refractivity contribution in [3.63, 3.8) is 0 Å². The van der Waals surface area contributed by atoms with Gasteiger partial charge in [-0.05, 0) is 65.6 Å². The summed E-state index contributed by atoms with van der Waals surface area (Å²) >= 11 is 0. The van der Waals surface area contributed by atoms with Gasteiger partial charge in [0.05, 0.1) is 12.2 Å². The van der Waals surface area contributed by atoms with Crippen LogP contribution >= 0.6 is 0 Å². The fourth-order valence-electron chi connectivity index (χ4n) is 3.90. The van der Waals surface area contributed by atoms with Crippen LogP contribution in [0.2, 0.25) is 0 Å². The molecule has 0 aromatic carbocycles. The van der Waals surface area contributed by atoms with Gasteiger partial charge in [-0.25, -0.2) is 0 Å². The van der Waals surface area contributed by atoms with Crippen molar-refractivity contribution in [1.29, 1.82) is 0 Å². The monoisotopic (exact) mass is 362 g/mol. The lowest BCUT2D eigenvalue weighted by atomic mass is 10.0. The summed E-state index contributed by atoms with van der Waals surface area (Å²) in [6.45, 7) is 14.9. The summed E-state index contributed by atoms with van der Waals surface area (Å²) < 4.78 is 1.97. The predicted octanol–water partition coefficient (Wildman–Crippen LogP) is 2.40.